The van der Waals surface area contributed by atoms with Crippen molar-refractivity contribution in [3.05, 3.63) is 53.8 Å². The van der Waals surface area contributed by atoms with E-state index >= 15 is 0 Å². The monoisotopic (exact) mass is 449 g/mol. The topological polar surface area (TPSA) is 63.9 Å². The molecule has 31 heavy (non-hydrogen) atoms. The van der Waals surface area contributed by atoms with Gasteiger partial charge in [0.1, 0.15) is 11.5 Å². The third-order valence-electron chi connectivity index (χ3n) is 5.45. The molecule has 1 saturated heterocycles. The third kappa shape index (κ3) is 4.95. The minimum Gasteiger partial charge on any atom is -0.342 e. The number of aromatic nitrogens is 4. The Morgan fingerprint density at radius 2 is 2.19 bits per heavy atom. The highest BCUT2D eigenvalue weighted by atomic mass is 32.1. The van der Waals surface area contributed by atoms with E-state index in [1.807, 2.05) is 11.5 Å². The van der Waals surface area contributed by atoms with E-state index in [-0.39, 0.29) is 29.4 Å². The van der Waals surface area contributed by atoms with Gasteiger partial charge < -0.3 is 9.47 Å². The first kappa shape index (κ1) is 21.5. The minimum atomic E-state index is -4.56. The van der Waals surface area contributed by atoms with Gasteiger partial charge in [0.05, 0.1) is 16.9 Å². The quantitative estimate of drug-likeness (QED) is 0.563. The molecule has 3 aromatic rings. The molecule has 0 aliphatic carbocycles. The summed E-state index contributed by atoms with van der Waals surface area (Å²) in [5.74, 6) is -0.211. The summed E-state index contributed by atoms with van der Waals surface area (Å²) in [6.45, 7) is 2.84. The third-order valence-corrected chi connectivity index (χ3v) is 6.34. The van der Waals surface area contributed by atoms with Crippen molar-refractivity contribution in [2.75, 3.05) is 13.1 Å². The van der Waals surface area contributed by atoms with Crippen molar-refractivity contribution in [3.63, 3.8) is 0 Å². The number of alkyl halides is 3. The largest absolute Gasteiger partial charge is 0.433 e. The van der Waals surface area contributed by atoms with Crippen molar-refractivity contribution in [3.8, 4) is 10.6 Å². The van der Waals surface area contributed by atoms with Gasteiger partial charge in [-0.2, -0.15) is 13.2 Å². The first-order valence-electron chi connectivity index (χ1n) is 10.1. The molecule has 2 atom stereocenters. The van der Waals surface area contributed by atoms with Gasteiger partial charge in [0, 0.05) is 43.9 Å². The lowest BCUT2D eigenvalue weighted by atomic mass is 9.96. The molecular weight excluding hydrogens is 427 g/mol. The normalized spacial score (nSPS) is 18.2. The van der Waals surface area contributed by atoms with Crippen LogP contribution >= 0.6 is 11.3 Å². The molecule has 0 N–H and O–H groups in total. The second kappa shape index (κ2) is 8.78. The molecule has 164 valence electrons. The number of likely N-dealkylation sites (tertiary alicyclic amines) is 1. The molecule has 10 heteroatoms. The van der Waals surface area contributed by atoms with E-state index in [9.17, 15) is 18.0 Å². The highest BCUT2D eigenvalue weighted by molar-refractivity contribution is 7.13. The molecule has 0 aromatic carbocycles. The van der Waals surface area contributed by atoms with Gasteiger partial charge in [-0.3, -0.25) is 4.79 Å². The van der Waals surface area contributed by atoms with Crippen molar-refractivity contribution < 1.29 is 18.0 Å². The zero-order valence-electron chi connectivity index (χ0n) is 16.9. The van der Waals surface area contributed by atoms with Gasteiger partial charge in [0.15, 0.2) is 0 Å². The zero-order chi connectivity index (χ0) is 22.0. The molecule has 1 aliphatic heterocycles. The maximum Gasteiger partial charge on any atom is 0.433 e. The Balaban J connectivity index is 1.55. The van der Waals surface area contributed by atoms with Crippen molar-refractivity contribution in [2.45, 2.75) is 44.3 Å². The van der Waals surface area contributed by atoms with Crippen molar-refractivity contribution in [1.29, 1.82) is 0 Å². The molecule has 0 saturated carbocycles. The predicted octanol–water partition coefficient (Wildman–Crippen LogP) is 4.78. The summed E-state index contributed by atoms with van der Waals surface area (Å²) in [5, 5.41) is 1.80. The van der Waals surface area contributed by atoms with Crippen LogP contribution in [0, 0.1) is 0 Å². The van der Waals surface area contributed by atoms with Crippen LogP contribution in [0.15, 0.2) is 42.3 Å². The Kier molecular flexibility index (Phi) is 6.08. The van der Waals surface area contributed by atoms with Crippen LogP contribution < -0.4 is 0 Å². The fourth-order valence-corrected chi connectivity index (χ4v) is 4.46. The molecular formula is C21H22F3N5OS. The lowest BCUT2D eigenvalue weighted by Gasteiger charge is -2.33. The average molecular weight is 450 g/mol. The number of amides is 1. The fraction of sp³-hybridized carbons (Fsp3) is 0.429. The Hall–Kier alpha value is -2.75. The number of nitrogens with zero attached hydrogens (tertiary/aromatic N) is 5. The maximum atomic E-state index is 13.5. The van der Waals surface area contributed by atoms with Crippen LogP contribution in [-0.4, -0.2) is 43.4 Å². The first-order valence-corrected chi connectivity index (χ1v) is 10.9. The van der Waals surface area contributed by atoms with E-state index < -0.39 is 11.9 Å². The molecule has 1 aliphatic rings. The summed E-state index contributed by atoms with van der Waals surface area (Å²) in [7, 11) is 0. The summed E-state index contributed by atoms with van der Waals surface area (Å²) >= 11 is 1.33. The van der Waals surface area contributed by atoms with Crippen molar-refractivity contribution in [1.82, 2.24) is 24.4 Å². The molecule has 0 unspecified atom stereocenters. The van der Waals surface area contributed by atoms with Gasteiger partial charge in [-0.1, -0.05) is 6.07 Å². The number of carbonyl (C=O) groups excluding carboxylic acids is 1. The SMILES string of the molecule is C[C@@H](CC(=O)N1CCC[C@H](c2nc(-c3cccs3)cc(C(F)(F)F)n2)C1)n1ccnc1. The zero-order valence-corrected chi connectivity index (χ0v) is 17.7. The summed E-state index contributed by atoms with van der Waals surface area (Å²) in [6, 6.07) is 4.46. The highest BCUT2D eigenvalue weighted by Gasteiger charge is 2.35. The number of hydrogen-bond donors (Lipinski definition) is 0. The number of carbonyl (C=O) groups is 1. The number of rotatable bonds is 5. The molecule has 4 rings (SSSR count). The van der Waals surface area contributed by atoms with Gasteiger partial charge in [0.25, 0.3) is 0 Å². The van der Waals surface area contributed by atoms with E-state index in [2.05, 4.69) is 15.0 Å². The van der Waals surface area contributed by atoms with Crippen LogP contribution in [0.1, 0.15) is 49.7 Å². The van der Waals surface area contributed by atoms with Gasteiger partial charge in [-0.25, -0.2) is 15.0 Å². The van der Waals surface area contributed by atoms with Crippen molar-refractivity contribution in [2.24, 2.45) is 0 Å². The number of thiophene rings is 1. The number of piperidine rings is 1. The van der Waals surface area contributed by atoms with E-state index in [0.717, 1.165) is 6.07 Å². The van der Waals surface area contributed by atoms with Gasteiger partial charge in [-0.15, -0.1) is 11.3 Å². The molecule has 0 spiro atoms. The van der Waals surface area contributed by atoms with Gasteiger partial charge in [-0.05, 0) is 37.3 Å². The Morgan fingerprint density at radius 3 is 2.87 bits per heavy atom. The average Bonchev–Trinajstić information content (AvgIpc) is 3.47. The Morgan fingerprint density at radius 1 is 1.35 bits per heavy atom. The number of halogens is 3. The van der Waals surface area contributed by atoms with Crippen LogP contribution in [0.5, 0.6) is 0 Å². The Labute approximate surface area is 181 Å². The molecule has 4 heterocycles. The number of hydrogen-bond acceptors (Lipinski definition) is 5. The van der Waals surface area contributed by atoms with Crippen LogP contribution in [0.25, 0.3) is 10.6 Å². The van der Waals surface area contributed by atoms with E-state index in [4.69, 9.17) is 0 Å². The van der Waals surface area contributed by atoms with E-state index in [0.29, 0.717) is 37.2 Å². The maximum absolute atomic E-state index is 13.5. The molecule has 1 fully saturated rings. The first-order chi connectivity index (χ1) is 14.8. The summed E-state index contributed by atoms with van der Waals surface area (Å²) in [6.07, 6.45) is 2.21. The lowest BCUT2D eigenvalue weighted by molar-refractivity contribution is -0.141. The van der Waals surface area contributed by atoms with Crippen LogP contribution in [0.2, 0.25) is 0 Å². The second-order valence-electron chi connectivity index (χ2n) is 7.71. The summed E-state index contributed by atoms with van der Waals surface area (Å²) in [4.78, 5) is 27.5. The summed E-state index contributed by atoms with van der Waals surface area (Å²) in [5.41, 5.74) is -0.678. The summed E-state index contributed by atoms with van der Waals surface area (Å²) < 4.78 is 42.3. The Bertz CT molecular complexity index is 1020. The molecule has 1 amide bonds. The minimum absolute atomic E-state index is 0.0312. The molecule has 0 bridgehead atoms. The van der Waals surface area contributed by atoms with Gasteiger partial charge >= 0.3 is 6.18 Å². The molecule has 3 aromatic heterocycles. The molecule has 0 radical (unpaired) electrons. The highest BCUT2D eigenvalue weighted by Crippen LogP contribution is 2.34. The van der Waals surface area contributed by atoms with Crippen LogP contribution in [-0.2, 0) is 11.0 Å². The smallest absolute Gasteiger partial charge is 0.342 e. The van der Waals surface area contributed by atoms with Crippen molar-refractivity contribution >= 4 is 17.2 Å². The number of imidazole rings is 1. The standard InChI is InChI=1S/C21H22F3N5OS/c1-14(29-8-6-25-13-29)10-19(30)28-7-2-4-15(12-28)20-26-16(17-5-3-9-31-17)11-18(27-20)21(22,23)24/h3,5-6,8-9,11,13-15H,2,4,7,10,12H2,1H3/t14-,15-/m0/s1. The van der Waals surface area contributed by atoms with E-state index in [1.165, 1.54) is 11.3 Å². The van der Waals surface area contributed by atoms with Crippen LogP contribution in [0.4, 0.5) is 13.2 Å². The molecule has 6 nitrogen and oxygen atoms in total. The lowest BCUT2D eigenvalue weighted by Crippen LogP contribution is -2.40. The van der Waals surface area contributed by atoms with Crippen LogP contribution in [0.3, 0.4) is 0 Å². The predicted molar refractivity (Wildman–Crippen MR) is 110 cm³/mol. The second-order valence-corrected chi connectivity index (χ2v) is 8.66. The van der Waals surface area contributed by atoms with E-state index in [1.54, 1.807) is 41.1 Å². The fourth-order valence-electron chi connectivity index (χ4n) is 3.78. The van der Waals surface area contributed by atoms with Gasteiger partial charge in [0.2, 0.25) is 5.91 Å².